The minimum Gasteiger partial charge on any atom is -0.354 e. The van der Waals surface area contributed by atoms with E-state index < -0.39 is 0 Å². The zero-order chi connectivity index (χ0) is 15.4. The number of hydrogen-bond donors (Lipinski definition) is 0. The quantitative estimate of drug-likeness (QED) is 0.724. The third-order valence-electron chi connectivity index (χ3n) is 3.64. The molecule has 0 saturated carbocycles. The first-order valence-electron chi connectivity index (χ1n) is 7.37. The Labute approximate surface area is 131 Å². The van der Waals surface area contributed by atoms with Crippen LogP contribution >= 0.6 is 0 Å². The number of hydrogen-bond acceptors (Lipinski definition) is 3. The van der Waals surface area contributed by atoms with E-state index >= 15 is 0 Å². The molecule has 0 unspecified atom stereocenters. The molecule has 0 aliphatic carbocycles. The summed E-state index contributed by atoms with van der Waals surface area (Å²) < 4.78 is 0. The summed E-state index contributed by atoms with van der Waals surface area (Å²) in [5.41, 5.74) is 4.71. The third-order valence-corrected chi connectivity index (χ3v) is 3.64. The molecule has 3 rings (SSSR count). The lowest BCUT2D eigenvalue weighted by Gasteiger charge is -2.20. The summed E-state index contributed by atoms with van der Waals surface area (Å²) in [6.07, 6.45) is 3.58. The second kappa shape index (κ2) is 6.39. The molecule has 22 heavy (non-hydrogen) atoms. The molecule has 1 aromatic heterocycles. The SMILES string of the molecule is Cc1cncc(N(C)Cc2ccccc2-c2ccccc2)n1. The Morgan fingerprint density at radius 1 is 0.909 bits per heavy atom. The molecule has 0 atom stereocenters. The molecular weight excluding hydrogens is 270 g/mol. The van der Waals surface area contributed by atoms with Crippen molar-refractivity contribution in [3.63, 3.8) is 0 Å². The molecular formula is C19H19N3. The first-order chi connectivity index (χ1) is 10.7. The molecule has 0 radical (unpaired) electrons. The van der Waals surface area contributed by atoms with Crippen LogP contribution in [0.2, 0.25) is 0 Å². The fourth-order valence-corrected chi connectivity index (χ4v) is 2.53. The molecule has 110 valence electrons. The molecule has 3 aromatic rings. The van der Waals surface area contributed by atoms with Gasteiger partial charge in [-0.3, -0.25) is 4.98 Å². The molecule has 0 spiro atoms. The highest BCUT2D eigenvalue weighted by atomic mass is 15.2. The van der Waals surface area contributed by atoms with Crippen LogP contribution in [0.15, 0.2) is 67.0 Å². The van der Waals surface area contributed by atoms with E-state index in [0.29, 0.717) is 0 Å². The second-order valence-corrected chi connectivity index (χ2v) is 5.40. The first-order valence-corrected chi connectivity index (χ1v) is 7.37. The van der Waals surface area contributed by atoms with Gasteiger partial charge in [-0.05, 0) is 23.6 Å². The van der Waals surface area contributed by atoms with Crippen molar-refractivity contribution >= 4 is 5.82 Å². The molecule has 1 heterocycles. The summed E-state index contributed by atoms with van der Waals surface area (Å²) in [6, 6.07) is 19.0. The van der Waals surface area contributed by atoms with Crippen LogP contribution in [0.4, 0.5) is 5.82 Å². The van der Waals surface area contributed by atoms with Gasteiger partial charge < -0.3 is 4.90 Å². The van der Waals surface area contributed by atoms with E-state index in [0.717, 1.165) is 18.1 Å². The monoisotopic (exact) mass is 289 g/mol. The van der Waals surface area contributed by atoms with Crippen molar-refractivity contribution in [3.05, 3.63) is 78.2 Å². The van der Waals surface area contributed by atoms with Crippen molar-refractivity contribution in [2.45, 2.75) is 13.5 Å². The number of anilines is 1. The van der Waals surface area contributed by atoms with Gasteiger partial charge in [-0.25, -0.2) is 4.98 Å². The maximum atomic E-state index is 4.54. The Bertz CT molecular complexity index is 753. The van der Waals surface area contributed by atoms with Crippen molar-refractivity contribution in [1.82, 2.24) is 9.97 Å². The average molecular weight is 289 g/mol. The van der Waals surface area contributed by atoms with Gasteiger partial charge >= 0.3 is 0 Å². The van der Waals surface area contributed by atoms with E-state index in [4.69, 9.17) is 0 Å². The maximum absolute atomic E-state index is 4.54. The summed E-state index contributed by atoms with van der Waals surface area (Å²) >= 11 is 0. The molecule has 0 aliphatic rings. The van der Waals surface area contributed by atoms with Crippen molar-refractivity contribution in [3.8, 4) is 11.1 Å². The predicted molar refractivity (Wildman–Crippen MR) is 90.8 cm³/mol. The van der Waals surface area contributed by atoms with Gasteiger partial charge in [0.2, 0.25) is 0 Å². The van der Waals surface area contributed by atoms with E-state index in [2.05, 4.69) is 63.4 Å². The van der Waals surface area contributed by atoms with Gasteiger partial charge in [0, 0.05) is 19.8 Å². The van der Waals surface area contributed by atoms with Gasteiger partial charge in [0.05, 0.1) is 11.9 Å². The standard InChI is InChI=1S/C19H19N3/c1-15-12-20-13-19(21-15)22(2)14-17-10-6-7-11-18(17)16-8-4-3-5-9-16/h3-13H,14H2,1-2H3. The molecule has 0 fully saturated rings. The minimum atomic E-state index is 0.795. The van der Waals surface area contributed by atoms with E-state index in [1.807, 2.05) is 20.0 Å². The van der Waals surface area contributed by atoms with E-state index in [-0.39, 0.29) is 0 Å². The molecule has 0 bridgehead atoms. The molecule has 0 saturated heterocycles. The maximum Gasteiger partial charge on any atom is 0.147 e. The average Bonchev–Trinajstić information content (AvgIpc) is 2.56. The molecule has 0 aliphatic heterocycles. The highest BCUT2D eigenvalue weighted by Gasteiger charge is 2.09. The molecule has 2 aromatic carbocycles. The summed E-state index contributed by atoms with van der Waals surface area (Å²) in [4.78, 5) is 10.9. The lowest BCUT2D eigenvalue weighted by atomic mass is 9.99. The van der Waals surface area contributed by atoms with Crippen LogP contribution in [0, 0.1) is 6.92 Å². The van der Waals surface area contributed by atoms with E-state index in [1.165, 1.54) is 16.7 Å². The molecule has 3 nitrogen and oxygen atoms in total. The zero-order valence-electron chi connectivity index (χ0n) is 12.9. The van der Waals surface area contributed by atoms with Crippen LogP contribution in [0.3, 0.4) is 0 Å². The second-order valence-electron chi connectivity index (χ2n) is 5.40. The van der Waals surface area contributed by atoms with E-state index in [9.17, 15) is 0 Å². The van der Waals surface area contributed by atoms with Gasteiger partial charge in [0.25, 0.3) is 0 Å². The number of rotatable bonds is 4. The fraction of sp³-hybridized carbons (Fsp3) is 0.158. The Balaban J connectivity index is 1.90. The van der Waals surface area contributed by atoms with Gasteiger partial charge in [0.1, 0.15) is 5.82 Å². The van der Waals surface area contributed by atoms with Crippen LogP contribution in [0.25, 0.3) is 11.1 Å². The van der Waals surface area contributed by atoms with Crippen LogP contribution in [0.5, 0.6) is 0 Å². The van der Waals surface area contributed by atoms with Crippen molar-refractivity contribution < 1.29 is 0 Å². The topological polar surface area (TPSA) is 29.0 Å². The van der Waals surface area contributed by atoms with Crippen LogP contribution in [0.1, 0.15) is 11.3 Å². The highest BCUT2D eigenvalue weighted by molar-refractivity contribution is 5.67. The molecule has 0 N–H and O–H groups in total. The fourth-order valence-electron chi connectivity index (χ4n) is 2.53. The third kappa shape index (κ3) is 3.14. The Morgan fingerprint density at radius 3 is 2.41 bits per heavy atom. The van der Waals surface area contributed by atoms with Gasteiger partial charge in [-0.1, -0.05) is 54.6 Å². The summed E-state index contributed by atoms with van der Waals surface area (Å²) in [6.45, 7) is 2.76. The van der Waals surface area contributed by atoms with Crippen molar-refractivity contribution in [1.29, 1.82) is 0 Å². The van der Waals surface area contributed by atoms with Crippen molar-refractivity contribution in [2.75, 3.05) is 11.9 Å². The Morgan fingerprint density at radius 2 is 1.64 bits per heavy atom. The smallest absolute Gasteiger partial charge is 0.147 e. The normalized spacial score (nSPS) is 10.5. The summed E-state index contributed by atoms with van der Waals surface area (Å²) in [5, 5.41) is 0. The molecule has 3 heteroatoms. The van der Waals surface area contributed by atoms with Crippen LogP contribution < -0.4 is 4.90 Å². The lowest BCUT2D eigenvalue weighted by molar-refractivity contribution is 0.884. The van der Waals surface area contributed by atoms with Gasteiger partial charge in [-0.2, -0.15) is 0 Å². The summed E-state index contributed by atoms with van der Waals surface area (Å²) in [7, 11) is 2.05. The Kier molecular flexibility index (Phi) is 4.15. The number of benzene rings is 2. The lowest BCUT2D eigenvalue weighted by Crippen LogP contribution is -2.18. The predicted octanol–water partition coefficient (Wildman–Crippen LogP) is 4.09. The van der Waals surface area contributed by atoms with Gasteiger partial charge in [-0.15, -0.1) is 0 Å². The molecule has 0 amide bonds. The highest BCUT2D eigenvalue weighted by Crippen LogP contribution is 2.25. The first kappa shape index (κ1) is 14.3. The zero-order valence-corrected chi connectivity index (χ0v) is 12.9. The van der Waals surface area contributed by atoms with Gasteiger partial charge in [0.15, 0.2) is 0 Å². The van der Waals surface area contributed by atoms with E-state index in [1.54, 1.807) is 12.4 Å². The number of nitrogens with zero attached hydrogens (tertiary/aromatic N) is 3. The largest absolute Gasteiger partial charge is 0.354 e. The minimum absolute atomic E-state index is 0.795. The number of aryl methyl sites for hydroxylation is 1. The van der Waals surface area contributed by atoms with Crippen LogP contribution in [-0.4, -0.2) is 17.0 Å². The Hall–Kier alpha value is -2.68. The number of aromatic nitrogens is 2. The summed E-state index contributed by atoms with van der Waals surface area (Å²) in [5.74, 6) is 0.892. The van der Waals surface area contributed by atoms with Crippen LogP contribution in [-0.2, 0) is 6.54 Å². The van der Waals surface area contributed by atoms with Crippen molar-refractivity contribution in [2.24, 2.45) is 0 Å².